The Morgan fingerprint density at radius 2 is 1.90 bits per heavy atom. The molecule has 2 aromatic rings. The molecule has 0 spiro atoms. The van der Waals surface area contributed by atoms with Crippen LogP contribution in [0.15, 0.2) is 59.1 Å². The summed E-state index contributed by atoms with van der Waals surface area (Å²) in [5, 5.41) is 10.3. The number of Topliss-reactive ketones (excluding diaryl/α,β-unsaturated/α-hetero) is 1. The van der Waals surface area contributed by atoms with E-state index in [2.05, 4.69) is 61.6 Å². The number of ether oxygens (including phenoxy) is 3. The van der Waals surface area contributed by atoms with Crippen LogP contribution in [-0.2, 0) is 16.1 Å². The Labute approximate surface area is 244 Å². The first-order valence-electron chi connectivity index (χ1n) is 13.2. The highest BCUT2D eigenvalue weighted by Crippen LogP contribution is 2.50. The summed E-state index contributed by atoms with van der Waals surface area (Å²) < 4.78 is 18.4. The van der Waals surface area contributed by atoms with Gasteiger partial charge in [0.2, 0.25) is 0 Å². The van der Waals surface area contributed by atoms with Gasteiger partial charge in [-0.05, 0) is 71.5 Å². The van der Waals surface area contributed by atoms with Gasteiger partial charge in [0.1, 0.15) is 12.4 Å². The molecule has 0 amide bonds. The Balaban J connectivity index is 1.81. The van der Waals surface area contributed by atoms with Crippen molar-refractivity contribution in [3.63, 3.8) is 0 Å². The lowest BCUT2D eigenvalue weighted by atomic mass is 9.68. The molecule has 0 bridgehead atoms. The highest BCUT2D eigenvalue weighted by molar-refractivity contribution is 14.1. The lowest BCUT2D eigenvalue weighted by Crippen LogP contribution is -2.43. The van der Waals surface area contributed by atoms with Crippen LogP contribution in [-0.4, -0.2) is 37.6 Å². The van der Waals surface area contributed by atoms with Crippen LogP contribution in [0.1, 0.15) is 56.2 Å². The quantitative estimate of drug-likeness (QED) is 0.338. The molecule has 4 rings (SSSR count). The number of methoxy groups -OCH3 is 1. The molecule has 1 heterocycles. The normalized spacial score (nSPS) is 18.6. The van der Waals surface area contributed by atoms with Crippen LogP contribution in [0.5, 0.6) is 11.5 Å². The minimum atomic E-state index is -0.578. The van der Waals surface area contributed by atoms with Crippen LogP contribution in [0.25, 0.3) is 0 Å². The van der Waals surface area contributed by atoms with Gasteiger partial charge in [-0.25, -0.2) is 0 Å². The zero-order valence-electron chi connectivity index (χ0n) is 23.3. The molecule has 0 aromatic heterocycles. The number of nitrogens with zero attached hydrogens (tertiary/aromatic N) is 2. The minimum Gasteiger partial charge on any atom is -0.490 e. The molecule has 1 atom stereocenters. The maximum Gasteiger partial charge on any atom is 0.174 e. The SMILES string of the molecule is CCOc1cc([C@H]2C(C#N)=C(N)N(CCOC)C3=C2C(=O)CC(C)(C)C3)cc(I)c1OCc1ccc(C)cc1. The number of carbonyl (C=O) groups is 1. The zero-order chi connectivity index (χ0) is 28.3. The van der Waals surface area contributed by atoms with E-state index in [0.29, 0.717) is 67.7 Å². The summed E-state index contributed by atoms with van der Waals surface area (Å²) in [6.45, 7) is 9.89. The Morgan fingerprint density at radius 1 is 1.18 bits per heavy atom. The van der Waals surface area contributed by atoms with Crippen molar-refractivity contribution in [1.82, 2.24) is 4.90 Å². The topological polar surface area (TPSA) is 97.8 Å². The predicted molar refractivity (Wildman–Crippen MR) is 159 cm³/mol. The molecule has 2 aliphatic rings. The van der Waals surface area contributed by atoms with Gasteiger partial charge in [0.15, 0.2) is 17.3 Å². The van der Waals surface area contributed by atoms with Crippen LogP contribution in [0, 0.1) is 27.2 Å². The zero-order valence-corrected chi connectivity index (χ0v) is 25.4. The lowest BCUT2D eigenvalue weighted by molar-refractivity contribution is -0.118. The number of ketones is 1. The molecule has 1 aliphatic heterocycles. The molecule has 7 nitrogen and oxygen atoms in total. The summed E-state index contributed by atoms with van der Waals surface area (Å²) >= 11 is 2.24. The van der Waals surface area contributed by atoms with Crippen molar-refractivity contribution in [1.29, 1.82) is 5.26 Å². The van der Waals surface area contributed by atoms with Gasteiger partial charge in [-0.3, -0.25) is 4.79 Å². The Hall–Kier alpha value is -3.03. The average molecular weight is 642 g/mol. The third-order valence-corrected chi connectivity index (χ3v) is 7.98. The van der Waals surface area contributed by atoms with Gasteiger partial charge in [0.05, 0.1) is 34.3 Å². The smallest absolute Gasteiger partial charge is 0.174 e. The van der Waals surface area contributed by atoms with Crippen molar-refractivity contribution in [3.05, 3.63) is 79.3 Å². The first-order valence-corrected chi connectivity index (χ1v) is 14.2. The van der Waals surface area contributed by atoms with Crippen molar-refractivity contribution in [2.45, 2.75) is 53.1 Å². The van der Waals surface area contributed by atoms with Crippen molar-refractivity contribution in [2.75, 3.05) is 26.9 Å². The number of hydrogen-bond acceptors (Lipinski definition) is 7. The molecule has 0 fully saturated rings. The van der Waals surface area contributed by atoms with Crippen LogP contribution in [0.3, 0.4) is 0 Å². The number of rotatable bonds is 9. The number of nitrogens with two attached hydrogens (primary N) is 1. The molecule has 2 N–H and O–H groups in total. The second-order valence-electron chi connectivity index (χ2n) is 10.8. The molecular weight excluding hydrogens is 605 g/mol. The predicted octanol–water partition coefficient (Wildman–Crippen LogP) is 5.96. The summed E-state index contributed by atoms with van der Waals surface area (Å²) in [5.74, 6) is 1.05. The first-order chi connectivity index (χ1) is 18.6. The highest BCUT2D eigenvalue weighted by atomic mass is 127. The van der Waals surface area contributed by atoms with Crippen LogP contribution in [0.2, 0.25) is 0 Å². The van der Waals surface area contributed by atoms with Crippen molar-refractivity contribution in [3.8, 4) is 17.6 Å². The molecule has 206 valence electrons. The highest BCUT2D eigenvalue weighted by Gasteiger charge is 2.44. The Morgan fingerprint density at radius 3 is 2.54 bits per heavy atom. The monoisotopic (exact) mass is 641 g/mol. The molecule has 2 aromatic carbocycles. The van der Waals surface area contributed by atoms with Gasteiger partial charge >= 0.3 is 0 Å². The van der Waals surface area contributed by atoms with E-state index in [9.17, 15) is 10.1 Å². The van der Waals surface area contributed by atoms with Gasteiger partial charge in [-0.1, -0.05) is 43.7 Å². The average Bonchev–Trinajstić information content (AvgIpc) is 2.87. The van der Waals surface area contributed by atoms with Gasteiger partial charge in [0.25, 0.3) is 0 Å². The van der Waals surface area contributed by atoms with Gasteiger partial charge in [0, 0.05) is 31.3 Å². The van der Waals surface area contributed by atoms with E-state index < -0.39 is 5.92 Å². The lowest BCUT2D eigenvalue weighted by Gasteiger charge is -2.43. The molecule has 0 saturated heterocycles. The van der Waals surface area contributed by atoms with Crippen LogP contribution >= 0.6 is 22.6 Å². The van der Waals surface area contributed by atoms with E-state index in [0.717, 1.165) is 20.4 Å². The summed E-state index contributed by atoms with van der Waals surface area (Å²) in [6.07, 6.45) is 1.09. The van der Waals surface area contributed by atoms with Crippen molar-refractivity contribution >= 4 is 28.4 Å². The standard InChI is InChI=1S/C31H36IN3O4/c1-6-38-26-14-21(13-23(32)29(26)39-18-20-9-7-19(2)8-10-20)27-22(17-33)30(34)35(11-12-37-5)24-15-31(3,4)16-25(36)28(24)27/h7-10,13-14,27H,6,11-12,15-16,18,34H2,1-5H3/t27-/m0/s1. The number of aryl methyl sites for hydroxylation is 1. The van der Waals surface area contributed by atoms with Crippen LogP contribution in [0.4, 0.5) is 0 Å². The van der Waals surface area contributed by atoms with E-state index in [4.69, 9.17) is 19.9 Å². The number of nitriles is 1. The van der Waals surface area contributed by atoms with E-state index in [-0.39, 0.29) is 11.2 Å². The fourth-order valence-corrected chi connectivity index (χ4v) is 6.12. The molecule has 0 unspecified atom stereocenters. The fraction of sp³-hybridized carbons (Fsp3) is 0.419. The summed E-state index contributed by atoms with van der Waals surface area (Å²) in [7, 11) is 1.63. The maximum atomic E-state index is 13.7. The third kappa shape index (κ3) is 6.10. The molecule has 8 heteroatoms. The van der Waals surface area contributed by atoms with E-state index in [1.54, 1.807) is 7.11 Å². The Kier molecular flexibility index (Phi) is 8.92. The van der Waals surface area contributed by atoms with Crippen molar-refractivity contribution < 1.29 is 19.0 Å². The third-order valence-electron chi connectivity index (χ3n) is 7.17. The van der Waals surface area contributed by atoms with E-state index >= 15 is 0 Å². The summed E-state index contributed by atoms with van der Waals surface area (Å²) in [6, 6.07) is 14.4. The van der Waals surface area contributed by atoms with E-state index in [1.807, 2.05) is 36.1 Å². The van der Waals surface area contributed by atoms with Gasteiger partial charge in [-0.15, -0.1) is 0 Å². The van der Waals surface area contributed by atoms with Gasteiger partial charge in [-0.2, -0.15) is 5.26 Å². The molecular formula is C31H36IN3O4. The Bertz CT molecular complexity index is 1360. The van der Waals surface area contributed by atoms with Gasteiger partial charge < -0.3 is 24.8 Å². The number of hydrogen-bond donors (Lipinski definition) is 1. The minimum absolute atomic E-state index is 0.0431. The first kappa shape index (κ1) is 29.0. The second-order valence-corrected chi connectivity index (χ2v) is 12.0. The molecule has 39 heavy (non-hydrogen) atoms. The van der Waals surface area contributed by atoms with Crippen molar-refractivity contribution in [2.24, 2.45) is 11.1 Å². The number of benzene rings is 2. The molecule has 0 saturated carbocycles. The largest absolute Gasteiger partial charge is 0.490 e. The summed E-state index contributed by atoms with van der Waals surface area (Å²) in [5.41, 5.74) is 11.4. The molecule has 1 aliphatic carbocycles. The second kappa shape index (κ2) is 12.0. The molecule has 0 radical (unpaired) electrons. The number of allylic oxidation sites excluding steroid dienone is 3. The van der Waals surface area contributed by atoms with Crippen LogP contribution < -0.4 is 15.2 Å². The number of halogens is 1. The van der Waals surface area contributed by atoms with E-state index in [1.165, 1.54) is 5.56 Å². The summed E-state index contributed by atoms with van der Waals surface area (Å²) in [4.78, 5) is 15.6. The fourth-order valence-electron chi connectivity index (χ4n) is 5.34. The maximum absolute atomic E-state index is 13.7. The number of carbonyl (C=O) groups excluding carboxylic acids is 1.